The molecule has 2 N–H and O–H groups in total. The quantitative estimate of drug-likeness (QED) is 0.891. The van der Waals surface area contributed by atoms with E-state index in [0.29, 0.717) is 5.56 Å². The van der Waals surface area contributed by atoms with Gasteiger partial charge in [-0.1, -0.05) is 18.2 Å². The van der Waals surface area contributed by atoms with Crippen molar-refractivity contribution in [3.05, 3.63) is 64.1 Å². The fourth-order valence-electron chi connectivity index (χ4n) is 1.78. The number of benzene rings is 1. The van der Waals surface area contributed by atoms with Crippen LogP contribution in [-0.2, 0) is 6.54 Å². The molecule has 1 aromatic heterocycles. The lowest BCUT2D eigenvalue weighted by molar-refractivity contribution is 0.516. The molecule has 4 nitrogen and oxygen atoms in total. The number of halogens is 1. The molecule has 0 aliphatic heterocycles. The van der Waals surface area contributed by atoms with Gasteiger partial charge in [0, 0.05) is 24.5 Å². The zero-order valence-electron chi connectivity index (χ0n) is 10.0. The average molecular weight is 247 g/mol. The normalized spacial score (nSPS) is 12.4. The average Bonchev–Trinajstić information content (AvgIpc) is 2.34. The van der Waals surface area contributed by atoms with Gasteiger partial charge in [-0.15, -0.1) is 0 Å². The summed E-state index contributed by atoms with van der Waals surface area (Å²) in [4.78, 5) is 15.2. The van der Waals surface area contributed by atoms with Crippen LogP contribution < -0.4 is 11.4 Å². The number of nitrogens with two attached hydrogens (primary N) is 1. The Kier molecular flexibility index (Phi) is 3.53. The van der Waals surface area contributed by atoms with Gasteiger partial charge in [0.25, 0.3) is 0 Å². The topological polar surface area (TPSA) is 60.9 Å². The minimum atomic E-state index is -0.576. The van der Waals surface area contributed by atoms with E-state index in [2.05, 4.69) is 4.98 Å². The van der Waals surface area contributed by atoms with Crippen molar-refractivity contribution in [1.29, 1.82) is 0 Å². The third kappa shape index (κ3) is 2.62. The van der Waals surface area contributed by atoms with Crippen LogP contribution in [-0.4, -0.2) is 9.55 Å². The molecular weight excluding hydrogens is 233 g/mol. The molecule has 0 radical (unpaired) electrons. The zero-order chi connectivity index (χ0) is 13.1. The van der Waals surface area contributed by atoms with Crippen molar-refractivity contribution in [3.63, 3.8) is 0 Å². The van der Waals surface area contributed by atoms with E-state index in [9.17, 15) is 9.18 Å². The van der Waals surface area contributed by atoms with Crippen LogP contribution in [0.4, 0.5) is 4.39 Å². The van der Waals surface area contributed by atoms with Crippen molar-refractivity contribution in [2.24, 2.45) is 5.73 Å². The van der Waals surface area contributed by atoms with E-state index in [0.717, 1.165) is 5.56 Å². The SMILES string of the molecule is Cc1cnc(=O)n(CC(N)c2ccccc2F)c1. The Balaban J connectivity index is 2.27. The number of hydrogen-bond donors (Lipinski definition) is 1. The maximum Gasteiger partial charge on any atom is 0.347 e. The second-order valence-electron chi connectivity index (χ2n) is 4.19. The Bertz CT molecular complexity index is 609. The molecule has 0 bridgehead atoms. The van der Waals surface area contributed by atoms with E-state index in [1.807, 2.05) is 6.92 Å². The molecule has 0 fully saturated rings. The van der Waals surface area contributed by atoms with Gasteiger partial charge in [0.2, 0.25) is 0 Å². The fraction of sp³-hybridized carbons (Fsp3) is 0.231. The minimum absolute atomic E-state index is 0.203. The molecule has 0 saturated carbocycles. The van der Waals surface area contributed by atoms with Gasteiger partial charge in [0.05, 0.1) is 6.04 Å². The molecule has 1 heterocycles. The molecule has 0 aliphatic rings. The van der Waals surface area contributed by atoms with E-state index in [1.54, 1.807) is 24.4 Å². The van der Waals surface area contributed by atoms with Gasteiger partial charge < -0.3 is 5.73 Å². The molecule has 0 spiro atoms. The summed E-state index contributed by atoms with van der Waals surface area (Å²) in [6.07, 6.45) is 3.16. The second kappa shape index (κ2) is 5.10. The smallest absolute Gasteiger partial charge is 0.322 e. The minimum Gasteiger partial charge on any atom is -0.322 e. The molecule has 0 aliphatic carbocycles. The Hall–Kier alpha value is -2.01. The van der Waals surface area contributed by atoms with E-state index >= 15 is 0 Å². The van der Waals surface area contributed by atoms with Crippen molar-refractivity contribution >= 4 is 0 Å². The van der Waals surface area contributed by atoms with Crippen LogP contribution in [0.15, 0.2) is 41.5 Å². The summed E-state index contributed by atoms with van der Waals surface area (Å²) >= 11 is 0. The first-order valence-corrected chi connectivity index (χ1v) is 5.61. The Labute approximate surface area is 104 Å². The summed E-state index contributed by atoms with van der Waals surface area (Å²) < 4.78 is 14.9. The molecule has 1 unspecified atom stereocenters. The molecule has 5 heteroatoms. The number of aromatic nitrogens is 2. The highest BCUT2D eigenvalue weighted by Crippen LogP contribution is 2.15. The monoisotopic (exact) mass is 247 g/mol. The molecule has 1 atom stereocenters. The van der Waals surface area contributed by atoms with Crippen molar-refractivity contribution < 1.29 is 4.39 Å². The van der Waals surface area contributed by atoms with E-state index in [-0.39, 0.29) is 18.1 Å². The fourth-order valence-corrected chi connectivity index (χ4v) is 1.78. The standard InChI is InChI=1S/C13H14FN3O/c1-9-6-16-13(18)17(7-9)8-12(15)10-4-2-3-5-11(10)14/h2-7,12H,8,15H2,1H3. The van der Waals surface area contributed by atoms with Gasteiger partial charge in [-0.25, -0.2) is 14.2 Å². The summed E-state index contributed by atoms with van der Waals surface area (Å²) in [5, 5.41) is 0. The lowest BCUT2D eigenvalue weighted by Gasteiger charge is -2.14. The van der Waals surface area contributed by atoms with Crippen LogP contribution in [0.25, 0.3) is 0 Å². The number of nitrogens with zero attached hydrogens (tertiary/aromatic N) is 2. The Morgan fingerprint density at radius 2 is 2.17 bits per heavy atom. The van der Waals surface area contributed by atoms with Crippen LogP contribution in [0.3, 0.4) is 0 Å². The third-order valence-corrected chi connectivity index (χ3v) is 2.68. The van der Waals surface area contributed by atoms with Crippen molar-refractivity contribution in [3.8, 4) is 0 Å². The largest absolute Gasteiger partial charge is 0.347 e. The highest BCUT2D eigenvalue weighted by Gasteiger charge is 2.12. The van der Waals surface area contributed by atoms with Crippen LogP contribution >= 0.6 is 0 Å². The molecule has 2 aromatic rings. The van der Waals surface area contributed by atoms with Gasteiger partial charge in [-0.2, -0.15) is 0 Å². The molecule has 0 saturated heterocycles. The Morgan fingerprint density at radius 1 is 1.44 bits per heavy atom. The Morgan fingerprint density at radius 3 is 2.89 bits per heavy atom. The molecule has 0 amide bonds. The van der Waals surface area contributed by atoms with Crippen LogP contribution in [0.2, 0.25) is 0 Å². The molecule has 2 rings (SSSR count). The zero-order valence-corrected chi connectivity index (χ0v) is 10.0. The lowest BCUT2D eigenvalue weighted by atomic mass is 10.1. The van der Waals surface area contributed by atoms with Gasteiger partial charge in [0.15, 0.2) is 0 Å². The third-order valence-electron chi connectivity index (χ3n) is 2.68. The first-order valence-electron chi connectivity index (χ1n) is 5.61. The highest BCUT2D eigenvalue weighted by molar-refractivity contribution is 5.20. The maximum atomic E-state index is 13.5. The van der Waals surface area contributed by atoms with Crippen molar-refractivity contribution in [2.75, 3.05) is 0 Å². The van der Waals surface area contributed by atoms with E-state index < -0.39 is 6.04 Å². The van der Waals surface area contributed by atoms with Gasteiger partial charge in [-0.3, -0.25) is 4.57 Å². The number of rotatable bonds is 3. The second-order valence-corrected chi connectivity index (χ2v) is 4.19. The van der Waals surface area contributed by atoms with Gasteiger partial charge in [-0.05, 0) is 18.6 Å². The first kappa shape index (κ1) is 12.4. The van der Waals surface area contributed by atoms with Crippen molar-refractivity contribution in [1.82, 2.24) is 9.55 Å². The van der Waals surface area contributed by atoms with E-state index in [4.69, 9.17) is 5.73 Å². The van der Waals surface area contributed by atoms with Gasteiger partial charge >= 0.3 is 5.69 Å². The summed E-state index contributed by atoms with van der Waals surface area (Å²) in [6, 6.07) is 5.72. The molecule has 94 valence electrons. The highest BCUT2D eigenvalue weighted by atomic mass is 19.1. The maximum absolute atomic E-state index is 13.5. The lowest BCUT2D eigenvalue weighted by Crippen LogP contribution is -2.28. The summed E-state index contributed by atoms with van der Waals surface area (Å²) in [7, 11) is 0. The van der Waals surface area contributed by atoms with Crippen LogP contribution in [0, 0.1) is 12.7 Å². The predicted octanol–water partition coefficient (Wildman–Crippen LogP) is 1.39. The predicted molar refractivity (Wildman–Crippen MR) is 66.6 cm³/mol. The van der Waals surface area contributed by atoms with Crippen LogP contribution in [0.1, 0.15) is 17.2 Å². The molecule has 18 heavy (non-hydrogen) atoms. The summed E-state index contributed by atoms with van der Waals surface area (Å²) in [5.41, 5.74) is 6.79. The first-order chi connectivity index (χ1) is 8.58. The van der Waals surface area contributed by atoms with Gasteiger partial charge in [0.1, 0.15) is 5.82 Å². The molecular formula is C13H14FN3O. The van der Waals surface area contributed by atoms with E-state index in [1.165, 1.54) is 16.8 Å². The molecule has 1 aromatic carbocycles. The number of aryl methyl sites for hydroxylation is 1. The summed E-state index contributed by atoms with van der Waals surface area (Å²) in [5.74, 6) is -0.362. The van der Waals surface area contributed by atoms with Crippen LogP contribution in [0.5, 0.6) is 0 Å². The number of hydrogen-bond acceptors (Lipinski definition) is 3. The summed E-state index contributed by atoms with van der Waals surface area (Å²) in [6.45, 7) is 2.03. The van der Waals surface area contributed by atoms with Crippen molar-refractivity contribution in [2.45, 2.75) is 19.5 Å².